The summed E-state index contributed by atoms with van der Waals surface area (Å²) in [4.78, 5) is 15.6. The van der Waals surface area contributed by atoms with Crippen molar-refractivity contribution in [1.29, 1.82) is 0 Å². The molecule has 2 aliphatic rings. The fourth-order valence-corrected chi connectivity index (χ4v) is 3.58. The second-order valence-electron chi connectivity index (χ2n) is 6.02. The number of amides is 1. The molecular formula is C18H13F3N4OS. The van der Waals surface area contributed by atoms with E-state index in [1.165, 1.54) is 23.9 Å². The van der Waals surface area contributed by atoms with Crippen LogP contribution < -0.4 is 10.7 Å². The van der Waals surface area contributed by atoms with E-state index in [-0.39, 0.29) is 11.6 Å². The number of amidine groups is 1. The van der Waals surface area contributed by atoms with Crippen LogP contribution in [0, 0.1) is 0 Å². The molecule has 0 atom stereocenters. The molecule has 1 amide bonds. The number of fused-ring (bicyclic) bond motifs is 1. The molecule has 0 aliphatic carbocycles. The Hall–Kier alpha value is -2.81. The van der Waals surface area contributed by atoms with Gasteiger partial charge in [-0.3, -0.25) is 10.2 Å². The van der Waals surface area contributed by atoms with Crippen LogP contribution in [0.15, 0.2) is 52.6 Å². The lowest BCUT2D eigenvalue weighted by Gasteiger charge is -2.15. The Bertz CT molecular complexity index is 985. The van der Waals surface area contributed by atoms with Gasteiger partial charge in [0, 0.05) is 11.4 Å². The number of hydrogen-bond donors (Lipinski definition) is 2. The number of aliphatic imine (C=N–C) groups is 1. The Kier molecular flexibility index (Phi) is 4.39. The third-order valence-electron chi connectivity index (χ3n) is 4.10. The SMILES string of the molecule is O=C1Cc2cc(C3=NNC(=Nc4cccc(C(F)(F)F)c4)SC3)ccc2N1. The molecule has 0 fully saturated rings. The van der Waals surface area contributed by atoms with Crippen molar-refractivity contribution < 1.29 is 18.0 Å². The number of thioether (sulfide) groups is 1. The summed E-state index contributed by atoms with van der Waals surface area (Å²) in [5.41, 5.74) is 5.67. The van der Waals surface area contributed by atoms with Gasteiger partial charge in [-0.15, -0.1) is 0 Å². The lowest BCUT2D eigenvalue weighted by atomic mass is 10.1. The number of halogens is 3. The number of hydrogen-bond acceptors (Lipinski definition) is 4. The van der Waals surface area contributed by atoms with Crippen molar-refractivity contribution in [2.45, 2.75) is 12.6 Å². The zero-order valence-corrected chi connectivity index (χ0v) is 14.6. The van der Waals surface area contributed by atoms with E-state index in [1.807, 2.05) is 18.2 Å². The van der Waals surface area contributed by atoms with Crippen molar-refractivity contribution in [1.82, 2.24) is 5.43 Å². The first-order valence-corrected chi connectivity index (χ1v) is 9.01. The van der Waals surface area contributed by atoms with Crippen LogP contribution in [0.3, 0.4) is 0 Å². The fraction of sp³-hybridized carbons (Fsp3) is 0.167. The highest BCUT2D eigenvalue weighted by molar-refractivity contribution is 8.14. The molecule has 2 aromatic rings. The van der Waals surface area contributed by atoms with E-state index in [1.54, 1.807) is 0 Å². The average molecular weight is 390 g/mol. The molecule has 138 valence electrons. The van der Waals surface area contributed by atoms with Crippen molar-refractivity contribution in [3.05, 3.63) is 59.2 Å². The number of anilines is 1. The molecule has 0 unspecified atom stereocenters. The monoisotopic (exact) mass is 390 g/mol. The maximum Gasteiger partial charge on any atom is 0.416 e. The predicted octanol–water partition coefficient (Wildman–Crippen LogP) is 3.93. The minimum Gasteiger partial charge on any atom is -0.326 e. The third-order valence-corrected chi connectivity index (χ3v) is 4.97. The van der Waals surface area contributed by atoms with Crippen molar-refractivity contribution in [2.24, 2.45) is 10.1 Å². The summed E-state index contributed by atoms with van der Waals surface area (Å²) in [6.45, 7) is 0. The number of rotatable bonds is 2. The van der Waals surface area contributed by atoms with Crippen LogP contribution in [-0.4, -0.2) is 22.5 Å². The van der Waals surface area contributed by atoms with E-state index in [2.05, 4.69) is 20.8 Å². The molecule has 0 bridgehead atoms. The molecule has 0 spiro atoms. The lowest BCUT2D eigenvalue weighted by Crippen LogP contribution is -2.25. The van der Waals surface area contributed by atoms with E-state index < -0.39 is 11.7 Å². The van der Waals surface area contributed by atoms with Gasteiger partial charge in [-0.2, -0.15) is 18.3 Å². The van der Waals surface area contributed by atoms with Crippen LogP contribution in [0.1, 0.15) is 16.7 Å². The molecule has 2 aromatic carbocycles. The molecule has 27 heavy (non-hydrogen) atoms. The van der Waals surface area contributed by atoms with Gasteiger partial charge >= 0.3 is 6.18 Å². The van der Waals surface area contributed by atoms with Gasteiger partial charge in [0.15, 0.2) is 5.17 Å². The normalized spacial score (nSPS) is 18.0. The van der Waals surface area contributed by atoms with Crippen molar-refractivity contribution in [3.8, 4) is 0 Å². The quantitative estimate of drug-likeness (QED) is 0.817. The molecule has 0 radical (unpaired) electrons. The number of benzene rings is 2. The van der Waals surface area contributed by atoms with Crippen LogP contribution in [0.5, 0.6) is 0 Å². The Morgan fingerprint density at radius 3 is 2.74 bits per heavy atom. The van der Waals surface area contributed by atoms with Gasteiger partial charge in [0.05, 0.1) is 23.4 Å². The Balaban J connectivity index is 1.51. The standard InChI is InChI=1S/C18H13F3N4OS/c19-18(20,21)12-2-1-3-13(8-12)22-17-25-24-15(9-27-17)10-4-5-14-11(6-10)7-16(26)23-14/h1-6,8H,7,9H2,(H,22,25)(H,23,26). The summed E-state index contributed by atoms with van der Waals surface area (Å²) >= 11 is 1.35. The zero-order chi connectivity index (χ0) is 19.0. The molecule has 2 heterocycles. The maximum absolute atomic E-state index is 12.8. The molecule has 2 N–H and O–H groups in total. The number of carbonyl (C=O) groups excluding carboxylic acids is 1. The summed E-state index contributed by atoms with van der Waals surface area (Å²) in [7, 11) is 0. The third kappa shape index (κ3) is 3.82. The summed E-state index contributed by atoms with van der Waals surface area (Å²) in [5, 5.41) is 7.49. The Morgan fingerprint density at radius 2 is 2.00 bits per heavy atom. The first-order valence-electron chi connectivity index (χ1n) is 8.03. The summed E-state index contributed by atoms with van der Waals surface area (Å²) in [6.07, 6.45) is -4.06. The molecule has 0 saturated carbocycles. The fourth-order valence-electron chi connectivity index (χ4n) is 2.80. The van der Waals surface area contributed by atoms with Gasteiger partial charge in [0.25, 0.3) is 0 Å². The molecule has 0 aromatic heterocycles. The smallest absolute Gasteiger partial charge is 0.326 e. The van der Waals surface area contributed by atoms with E-state index >= 15 is 0 Å². The minimum absolute atomic E-state index is 0.0317. The number of hydrazone groups is 1. The van der Waals surface area contributed by atoms with Crippen LogP contribution >= 0.6 is 11.8 Å². The van der Waals surface area contributed by atoms with Gasteiger partial charge in [-0.05, 0) is 41.5 Å². The number of carbonyl (C=O) groups is 1. The highest BCUT2D eigenvalue weighted by Crippen LogP contribution is 2.32. The highest BCUT2D eigenvalue weighted by atomic mass is 32.2. The second-order valence-corrected chi connectivity index (χ2v) is 6.98. The topological polar surface area (TPSA) is 65.8 Å². The maximum atomic E-state index is 12.8. The number of nitrogens with zero attached hydrogens (tertiary/aromatic N) is 2. The second kappa shape index (κ2) is 6.73. The summed E-state index contributed by atoms with van der Waals surface area (Å²) in [6, 6.07) is 10.5. The Morgan fingerprint density at radius 1 is 1.15 bits per heavy atom. The first-order chi connectivity index (χ1) is 12.9. The highest BCUT2D eigenvalue weighted by Gasteiger charge is 2.30. The predicted molar refractivity (Wildman–Crippen MR) is 99.4 cm³/mol. The molecule has 4 rings (SSSR count). The molecule has 9 heteroatoms. The van der Waals surface area contributed by atoms with E-state index in [4.69, 9.17) is 0 Å². The van der Waals surface area contributed by atoms with Gasteiger partial charge in [-0.1, -0.05) is 23.9 Å². The zero-order valence-electron chi connectivity index (χ0n) is 13.8. The Labute approximate surface area is 156 Å². The van der Waals surface area contributed by atoms with E-state index in [9.17, 15) is 18.0 Å². The average Bonchev–Trinajstić information content (AvgIpc) is 3.01. The van der Waals surface area contributed by atoms with Crippen LogP contribution in [0.2, 0.25) is 0 Å². The van der Waals surface area contributed by atoms with Crippen molar-refractivity contribution >= 4 is 39.9 Å². The molecule has 0 saturated heterocycles. The van der Waals surface area contributed by atoms with Crippen LogP contribution in [0.25, 0.3) is 0 Å². The van der Waals surface area contributed by atoms with Crippen molar-refractivity contribution in [3.63, 3.8) is 0 Å². The summed E-state index contributed by atoms with van der Waals surface area (Å²) < 4.78 is 38.4. The molecule has 2 aliphatic heterocycles. The van der Waals surface area contributed by atoms with Crippen molar-refractivity contribution in [2.75, 3.05) is 11.1 Å². The summed E-state index contributed by atoms with van der Waals surface area (Å²) in [5.74, 6) is 0.487. The number of alkyl halides is 3. The van der Waals surface area contributed by atoms with E-state index in [0.29, 0.717) is 17.3 Å². The van der Waals surface area contributed by atoms with Gasteiger partial charge in [0.1, 0.15) is 0 Å². The van der Waals surface area contributed by atoms with Gasteiger partial charge in [-0.25, -0.2) is 4.99 Å². The van der Waals surface area contributed by atoms with Gasteiger partial charge in [0.2, 0.25) is 5.91 Å². The molecule has 5 nitrogen and oxygen atoms in total. The van der Waals surface area contributed by atoms with Crippen LogP contribution in [0.4, 0.5) is 24.5 Å². The van der Waals surface area contributed by atoms with E-state index in [0.717, 1.165) is 34.7 Å². The largest absolute Gasteiger partial charge is 0.416 e. The lowest BCUT2D eigenvalue weighted by molar-refractivity contribution is -0.137. The van der Waals surface area contributed by atoms with Crippen LogP contribution in [-0.2, 0) is 17.4 Å². The first kappa shape index (κ1) is 17.6. The minimum atomic E-state index is -4.40. The molecular weight excluding hydrogens is 377 g/mol. The van der Waals surface area contributed by atoms with Gasteiger partial charge < -0.3 is 5.32 Å². The number of nitrogens with one attached hydrogen (secondary N) is 2.